The third kappa shape index (κ3) is 20.4. The number of carbonyl (C=O) groups is 2. The van der Waals surface area contributed by atoms with Crippen LogP contribution in [0.1, 0.15) is 31.9 Å². The zero-order valence-corrected chi connectivity index (χ0v) is 22.7. The summed E-state index contributed by atoms with van der Waals surface area (Å²) < 4.78 is 5.31. The molecule has 0 amide bonds. The minimum atomic E-state index is -0.903. The summed E-state index contributed by atoms with van der Waals surface area (Å²) >= 11 is 5.71. The number of hydrogen-bond acceptors (Lipinski definition) is 5. The van der Waals surface area contributed by atoms with Crippen LogP contribution >= 0.6 is 11.6 Å². The Morgan fingerprint density at radius 1 is 1.10 bits per heavy atom. The van der Waals surface area contributed by atoms with Crippen molar-refractivity contribution in [3.8, 4) is 5.75 Å². The average molecular weight is 462 g/mol. The number of rotatable bonds is 4. The Balaban J connectivity index is -0.000000155. The first-order chi connectivity index (χ1) is 13.8. The van der Waals surface area contributed by atoms with Gasteiger partial charge in [0.25, 0.3) is 0 Å². The molecule has 0 aliphatic carbocycles. The van der Waals surface area contributed by atoms with Crippen LogP contribution in [0, 0.1) is 25.8 Å². The van der Waals surface area contributed by atoms with Crippen LogP contribution in [-0.2, 0) is 14.4 Å². The zero-order valence-electron chi connectivity index (χ0n) is 18.8. The molecule has 2 aromatic carbocycles. The van der Waals surface area contributed by atoms with Crippen LogP contribution < -0.4 is 56.1 Å². The molecule has 0 saturated heterocycles. The molecule has 0 aromatic heterocycles. The van der Waals surface area contributed by atoms with E-state index in [1.54, 1.807) is 13.8 Å². The topological polar surface area (TPSA) is 80.7 Å². The monoisotopic (exact) mass is 461 g/mol. The van der Waals surface area contributed by atoms with E-state index < -0.39 is 6.10 Å². The van der Waals surface area contributed by atoms with Crippen molar-refractivity contribution in [3.05, 3.63) is 64.7 Å². The Bertz CT molecular complexity index is 630. The van der Waals surface area contributed by atoms with Gasteiger partial charge in [-0.25, -0.2) is 6.29 Å². The van der Waals surface area contributed by atoms with E-state index in [2.05, 4.69) is 6.07 Å². The predicted octanol–water partition coefficient (Wildman–Crippen LogP) is 1.59. The number of hydrogen-bond donors (Lipinski definition) is 1. The summed E-state index contributed by atoms with van der Waals surface area (Å²) in [5, 5.41) is 9.35. The van der Waals surface area contributed by atoms with Gasteiger partial charge in [0.15, 0.2) is 0 Å². The van der Waals surface area contributed by atoms with Gasteiger partial charge < -0.3 is 24.2 Å². The van der Waals surface area contributed by atoms with Crippen LogP contribution in [-0.4, -0.2) is 37.7 Å². The number of halogens is 1. The molecule has 0 aliphatic heterocycles. The van der Waals surface area contributed by atoms with Crippen LogP contribution in [0.2, 0.25) is 5.02 Å². The second-order valence-electron chi connectivity index (χ2n) is 5.68. The van der Waals surface area contributed by atoms with Gasteiger partial charge in [-0.1, -0.05) is 50.6 Å². The average Bonchev–Trinajstić information content (AvgIpc) is 2.75. The first-order valence-corrected chi connectivity index (χ1v) is 9.15. The Hall–Kier alpha value is -0.864. The summed E-state index contributed by atoms with van der Waals surface area (Å²) in [7, 11) is 0. The number of carbonyl (C=O) groups excluding carboxylic acids is 3. The van der Waals surface area contributed by atoms with E-state index in [1.807, 2.05) is 76.8 Å². The van der Waals surface area contributed by atoms with Crippen molar-refractivity contribution >= 4 is 31.5 Å². The molecule has 1 N–H and O–H groups in total. The predicted molar refractivity (Wildman–Crippen MR) is 118 cm³/mol. The SMILES string of the molecule is C=O.C=O.CC(C)C(O)[C-]=O.CCOc1c[c-]ccc1C.Cc1ccccc1Cl.[K+]. The summed E-state index contributed by atoms with van der Waals surface area (Å²) in [6.45, 7) is 14.2. The van der Waals surface area contributed by atoms with Crippen LogP contribution in [0.15, 0.2) is 42.5 Å². The maximum atomic E-state index is 9.57. The van der Waals surface area contributed by atoms with E-state index in [4.69, 9.17) is 31.0 Å². The number of aryl methyl sites for hydroxylation is 2. The second kappa shape index (κ2) is 26.2. The number of benzene rings is 2. The Morgan fingerprint density at radius 3 is 1.93 bits per heavy atom. The van der Waals surface area contributed by atoms with Crippen LogP contribution in [0.3, 0.4) is 0 Å². The molecule has 0 fully saturated rings. The fourth-order valence-corrected chi connectivity index (χ4v) is 1.63. The van der Waals surface area contributed by atoms with E-state index in [0.29, 0.717) is 0 Å². The molecule has 0 spiro atoms. The minimum absolute atomic E-state index is 0. The molecule has 1 atom stereocenters. The molecule has 0 radical (unpaired) electrons. The van der Waals surface area contributed by atoms with Gasteiger partial charge in [0, 0.05) is 10.8 Å². The minimum Gasteiger partial charge on any atom is -0.551 e. The van der Waals surface area contributed by atoms with Crippen molar-refractivity contribution < 1.29 is 75.6 Å². The quantitative estimate of drug-likeness (QED) is 0.552. The normalized spacial score (nSPS) is 9.20. The molecule has 0 bridgehead atoms. The van der Waals surface area contributed by atoms with E-state index >= 15 is 0 Å². The molecular formula is C23H31ClKO5-. The van der Waals surface area contributed by atoms with Crippen LogP contribution in [0.25, 0.3) is 0 Å². The molecule has 0 heterocycles. The smallest absolute Gasteiger partial charge is 0.551 e. The summed E-state index contributed by atoms with van der Waals surface area (Å²) in [6, 6.07) is 16.5. The van der Waals surface area contributed by atoms with E-state index in [0.717, 1.165) is 22.9 Å². The summed E-state index contributed by atoms with van der Waals surface area (Å²) in [4.78, 5) is 25.6. The molecule has 30 heavy (non-hydrogen) atoms. The summed E-state index contributed by atoms with van der Waals surface area (Å²) in [6.07, 6.45) is 0.567. The fourth-order valence-electron chi connectivity index (χ4n) is 1.49. The van der Waals surface area contributed by atoms with E-state index in [1.165, 1.54) is 11.8 Å². The molecule has 5 nitrogen and oxygen atoms in total. The van der Waals surface area contributed by atoms with Gasteiger partial charge in [0.2, 0.25) is 0 Å². The molecule has 0 aliphatic rings. The summed E-state index contributed by atoms with van der Waals surface area (Å²) in [5.41, 5.74) is 2.30. The third-order valence-electron chi connectivity index (χ3n) is 3.16. The molecule has 1 unspecified atom stereocenters. The third-order valence-corrected chi connectivity index (χ3v) is 3.59. The maximum absolute atomic E-state index is 9.57. The Kier molecular flexibility index (Phi) is 31.8. The van der Waals surface area contributed by atoms with Crippen molar-refractivity contribution in [2.75, 3.05) is 6.61 Å². The van der Waals surface area contributed by atoms with Gasteiger partial charge in [-0.15, -0.1) is 11.6 Å². The number of aliphatic hydroxyl groups excluding tert-OH is 1. The van der Waals surface area contributed by atoms with Gasteiger partial charge in [-0.2, -0.15) is 18.2 Å². The largest absolute Gasteiger partial charge is 1.00 e. The number of aliphatic hydroxyl groups is 1. The fraction of sp³-hybridized carbons (Fsp3) is 0.348. The standard InChI is InChI=1S/C9H11O.C7H7Cl.C5H9O2.2CH2O.K/c1-3-10-9-7-5-4-6-8(9)2;1-6-4-2-3-5-7(6)8;1-4(2)5(7)3-6;2*1-2;/h4,6-7H,3H2,1-2H3;2-5H,1H3;4-5,7H,1-2H3;2*1H2;/q-1;;-1;;;+1. The maximum Gasteiger partial charge on any atom is 1.00 e. The van der Waals surface area contributed by atoms with Crippen molar-refractivity contribution in [1.29, 1.82) is 0 Å². The molecule has 162 valence electrons. The van der Waals surface area contributed by atoms with Gasteiger partial charge in [-0.3, -0.25) is 0 Å². The van der Waals surface area contributed by atoms with Gasteiger partial charge in [0.1, 0.15) is 13.6 Å². The molecule has 2 aromatic rings. The van der Waals surface area contributed by atoms with Crippen molar-refractivity contribution in [1.82, 2.24) is 0 Å². The second-order valence-corrected chi connectivity index (χ2v) is 6.09. The van der Waals surface area contributed by atoms with Crippen LogP contribution in [0.4, 0.5) is 0 Å². The first kappa shape index (κ1) is 36.5. The van der Waals surface area contributed by atoms with Crippen molar-refractivity contribution in [3.63, 3.8) is 0 Å². The molecule has 0 saturated carbocycles. The van der Waals surface area contributed by atoms with E-state index in [-0.39, 0.29) is 57.3 Å². The molecule has 7 heteroatoms. The first-order valence-electron chi connectivity index (χ1n) is 8.77. The van der Waals surface area contributed by atoms with Gasteiger partial charge >= 0.3 is 51.4 Å². The molecular weight excluding hydrogens is 431 g/mol. The Morgan fingerprint density at radius 2 is 1.63 bits per heavy atom. The van der Waals surface area contributed by atoms with Crippen molar-refractivity contribution in [2.45, 2.75) is 40.7 Å². The number of ether oxygens (including phenoxy) is 1. The van der Waals surface area contributed by atoms with E-state index in [9.17, 15) is 4.79 Å². The molecule has 2 rings (SSSR count). The zero-order chi connectivity index (χ0) is 23.2. The van der Waals surface area contributed by atoms with Crippen molar-refractivity contribution in [2.24, 2.45) is 5.92 Å². The van der Waals surface area contributed by atoms with Gasteiger partial charge in [-0.05, 0) is 37.5 Å². The van der Waals surface area contributed by atoms with Gasteiger partial charge in [0.05, 0.1) is 6.61 Å². The Labute approximate surface area is 228 Å². The van der Waals surface area contributed by atoms with Crippen LogP contribution in [0.5, 0.6) is 5.75 Å². The summed E-state index contributed by atoms with van der Waals surface area (Å²) in [5.74, 6) is 0.933.